The number of nitrogens with one attached hydrogen (secondary N) is 1. The molecule has 2 rings (SSSR count). The van der Waals surface area contributed by atoms with Gasteiger partial charge in [0.2, 0.25) is 0 Å². The third kappa shape index (κ3) is 4.51. The predicted molar refractivity (Wildman–Crippen MR) is 80.3 cm³/mol. The highest BCUT2D eigenvalue weighted by Gasteiger charge is 2.02. The lowest BCUT2D eigenvalue weighted by Crippen LogP contribution is -2.12. The quantitative estimate of drug-likeness (QED) is 0.831. The number of thiophene rings is 1. The van der Waals surface area contributed by atoms with Gasteiger partial charge in [-0.25, -0.2) is 4.79 Å². The predicted octanol–water partition coefficient (Wildman–Crippen LogP) is 2.78. The Morgan fingerprint density at radius 3 is 2.67 bits per heavy atom. The Morgan fingerprint density at radius 1 is 1.29 bits per heavy atom. The summed E-state index contributed by atoms with van der Waals surface area (Å²) >= 11 is 1.47. The molecule has 0 aliphatic carbocycles. The largest absolute Gasteiger partial charge is 0.482 e. The Labute approximate surface area is 126 Å². The lowest BCUT2D eigenvalue weighted by Gasteiger charge is -2.07. The Morgan fingerprint density at radius 2 is 2.05 bits per heavy atom. The number of hydrogen-bond acceptors (Lipinski definition) is 6. The Kier molecular flexibility index (Phi) is 5.18. The molecule has 0 unspecified atom stereocenters. The van der Waals surface area contributed by atoms with E-state index in [0.29, 0.717) is 17.2 Å². The molecule has 6 heteroatoms. The van der Waals surface area contributed by atoms with Crippen molar-refractivity contribution < 1.29 is 14.3 Å². The summed E-state index contributed by atoms with van der Waals surface area (Å²) in [4.78, 5) is 12.8. The molecule has 21 heavy (non-hydrogen) atoms. The number of nitrogens with zero attached hydrogens (tertiary/aromatic N) is 1. The monoisotopic (exact) mass is 302 g/mol. The van der Waals surface area contributed by atoms with Crippen molar-refractivity contribution >= 4 is 23.0 Å². The van der Waals surface area contributed by atoms with Crippen LogP contribution in [-0.4, -0.2) is 19.7 Å². The molecule has 108 valence electrons. The number of benzene rings is 1. The van der Waals surface area contributed by atoms with Gasteiger partial charge in [0.25, 0.3) is 0 Å². The molecule has 0 saturated heterocycles. The summed E-state index contributed by atoms with van der Waals surface area (Å²) in [7, 11) is 1.32. The van der Waals surface area contributed by atoms with Crippen molar-refractivity contribution in [3.63, 3.8) is 0 Å². The van der Waals surface area contributed by atoms with E-state index < -0.39 is 5.97 Å². The Balaban J connectivity index is 1.84. The van der Waals surface area contributed by atoms with Crippen LogP contribution >= 0.6 is 11.3 Å². The standard InChI is InChI=1S/C15H14N2O3S/c1-19-15(18)10-20-12-4-2-11(3-5-12)17-9-14-7-6-13(8-16)21-14/h2-7,17H,9-10H2,1H3. The molecule has 0 bridgehead atoms. The van der Waals surface area contributed by atoms with Gasteiger partial charge in [0.1, 0.15) is 16.7 Å². The lowest BCUT2D eigenvalue weighted by atomic mass is 10.3. The highest BCUT2D eigenvalue weighted by molar-refractivity contribution is 7.12. The fraction of sp³-hybridized carbons (Fsp3) is 0.200. The molecule has 0 spiro atoms. The van der Waals surface area contributed by atoms with Gasteiger partial charge >= 0.3 is 5.97 Å². The van der Waals surface area contributed by atoms with E-state index in [0.717, 1.165) is 10.6 Å². The zero-order valence-corrected chi connectivity index (χ0v) is 12.3. The number of rotatable bonds is 6. The minimum absolute atomic E-state index is 0.102. The van der Waals surface area contributed by atoms with E-state index >= 15 is 0 Å². The van der Waals surface area contributed by atoms with Crippen LogP contribution in [-0.2, 0) is 16.1 Å². The fourth-order valence-electron chi connectivity index (χ4n) is 1.59. The fourth-order valence-corrected chi connectivity index (χ4v) is 2.34. The van der Waals surface area contributed by atoms with Gasteiger partial charge in [-0.2, -0.15) is 5.26 Å². The number of ether oxygens (including phenoxy) is 2. The van der Waals surface area contributed by atoms with Crippen LogP contribution in [0.4, 0.5) is 5.69 Å². The normalized spacial score (nSPS) is 9.71. The summed E-state index contributed by atoms with van der Waals surface area (Å²) in [6, 6.07) is 13.2. The summed E-state index contributed by atoms with van der Waals surface area (Å²) in [5, 5.41) is 12.0. The van der Waals surface area contributed by atoms with Crippen LogP contribution in [0.15, 0.2) is 36.4 Å². The zero-order chi connectivity index (χ0) is 15.1. The van der Waals surface area contributed by atoms with Crippen LogP contribution in [0.1, 0.15) is 9.75 Å². The van der Waals surface area contributed by atoms with Crippen molar-refractivity contribution in [2.24, 2.45) is 0 Å². The molecule has 0 amide bonds. The molecule has 1 aromatic heterocycles. The van der Waals surface area contributed by atoms with Gasteiger partial charge in [-0.15, -0.1) is 11.3 Å². The molecule has 0 aliphatic heterocycles. The van der Waals surface area contributed by atoms with Crippen molar-refractivity contribution in [3.05, 3.63) is 46.2 Å². The molecule has 2 aromatic rings. The number of esters is 1. The van der Waals surface area contributed by atoms with E-state index in [1.807, 2.05) is 24.3 Å². The first-order valence-electron chi connectivity index (χ1n) is 6.23. The summed E-state index contributed by atoms with van der Waals surface area (Å²) < 4.78 is 9.75. The summed E-state index contributed by atoms with van der Waals surface area (Å²) in [5.74, 6) is 0.192. The van der Waals surface area contributed by atoms with Crippen LogP contribution < -0.4 is 10.1 Å². The number of anilines is 1. The molecule has 1 N–H and O–H groups in total. The van der Waals surface area contributed by atoms with Crippen LogP contribution in [0.25, 0.3) is 0 Å². The van der Waals surface area contributed by atoms with E-state index in [9.17, 15) is 4.79 Å². The molecule has 5 nitrogen and oxygen atoms in total. The van der Waals surface area contributed by atoms with E-state index in [-0.39, 0.29) is 6.61 Å². The van der Waals surface area contributed by atoms with Gasteiger partial charge in [0.15, 0.2) is 6.61 Å². The van der Waals surface area contributed by atoms with Crippen molar-refractivity contribution in [3.8, 4) is 11.8 Å². The average Bonchev–Trinajstić information content (AvgIpc) is 2.99. The number of nitriles is 1. The first-order chi connectivity index (χ1) is 10.2. The second-order valence-corrected chi connectivity index (χ2v) is 5.29. The summed E-state index contributed by atoms with van der Waals surface area (Å²) in [5.41, 5.74) is 0.937. The average molecular weight is 302 g/mol. The van der Waals surface area contributed by atoms with E-state index in [1.54, 1.807) is 12.1 Å². The first kappa shape index (κ1) is 14.9. The van der Waals surface area contributed by atoms with Crippen LogP contribution in [0.5, 0.6) is 5.75 Å². The van der Waals surface area contributed by atoms with Crippen LogP contribution in [0.3, 0.4) is 0 Å². The maximum Gasteiger partial charge on any atom is 0.343 e. The highest BCUT2D eigenvalue weighted by atomic mass is 32.1. The summed E-state index contributed by atoms with van der Waals surface area (Å²) in [6.45, 7) is 0.560. The smallest absolute Gasteiger partial charge is 0.343 e. The first-order valence-corrected chi connectivity index (χ1v) is 7.05. The van der Waals surface area contributed by atoms with Gasteiger partial charge in [-0.05, 0) is 36.4 Å². The number of methoxy groups -OCH3 is 1. The van der Waals surface area contributed by atoms with Crippen molar-refractivity contribution in [2.75, 3.05) is 19.0 Å². The summed E-state index contributed by atoms with van der Waals surface area (Å²) in [6.07, 6.45) is 0. The van der Waals surface area contributed by atoms with Crippen molar-refractivity contribution in [2.45, 2.75) is 6.54 Å². The SMILES string of the molecule is COC(=O)COc1ccc(NCc2ccc(C#N)s2)cc1. The van der Waals surface area contributed by atoms with Gasteiger partial charge < -0.3 is 14.8 Å². The number of carbonyl (C=O) groups is 1. The van der Waals surface area contributed by atoms with E-state index in [1.165, 1.54) is 18.4 Å². The Hall–Kier alpha value is -2.52. The van der Waals surface area contributed by atoms with Crippen molar-refractivity contribution in [1.82, 2.24) is 0 Å². The van der Waals surface area contributed by atoms with Gasteiger partial charge in [0, 0.05) is 17.1 Å². The molecule has 0 saturated carbocycles. The maximum absolute atomic E-state index is 11.0. The highest BCUT2D eigenvalue weighted by Crippen LogP contribution is 2.19. The molecule has 1 aromatic carbocycles. The second-order valence-electron chi connectivity index (χ2n) is 4.12. The minimum Gasteiger partial charge on any atom is -0.482 e. The topological polar surface area (TPSA) is 71.3 Å². The van der Waals surface area contributed by atoms with Crippen molar-refractivity contribution in [1.29, 1.82) is 5.26 Å². The van der Waals surface area contributed by atoms with Gasteiger partial charge in [-0.1, -0.05) is 0 Å². The molecule has 0 aliphatic rings. The van der Waals surface area contributed by atoms with Gasteiger partial charge in [-0.3, -0.25) is 0 Å². The van der Waals surface area contributed by atoms with Crippen LogP contribution in [0.2, 0.25) is 0 Å². The van der Waals surface area contributed by atoms with Crippen LogP contribution in [0, 0.1) is 11.3 Å². The lowest BCUT2D eigenvalue weighted by molar-refractivity contribution is -0.142. The minimum atomic E-state index is -0.414. The third-order valence-electron chi connectivity index (χ3n) is 2.68. The van der Waals surface area contributed by atoms with Gasteiger partial charge in [0.05, 0.1) is 7.11 Å². The molecule has 0 fully saturated rings. The number of hydrogen-bond donors (Lipinski definition) is 1. The maximum atomic E-state index is 11.0. The second kappa shape index (κ2) is 7.31. The molecule has 1 heterocycles. The zero-order valence-electron chi connectivity index (χ0n) is 11.5. The third-order valence-corrected chi connectivity index (χ3v) is 3.67. The molecule has 0 radical (unpaired) electrons. The molecule has 0 atom stereocenters. The Bertz CT molecular complexity index is 644. The van der Waals surface area contributed by atoms with E-state index in [2.05, 4.69) is 16.1 Å². The van der Waals surface area contributed by atoms with E-state index in [4.69, 9.17) is 10.00 Å². The molecular weight excluding hydrogens is 288 g/mol. The number of carbonyl (C=O) groups excluding carboxylic acids is 1. The molecular formula is C15H14N2O3S.